The van der Waals surface area contributed by atoms with E-state index < -0.39 is 0 Å². The summed E-state index contributed by atoms with van der Waals surface area (Å²) in [5.74, 6) is 0. The van der Waals surface area contributed by atoms with Gasteiger partial charge in [-0.15, -0.1) is 0 Å². The summed E-state index contributed by atoms with van der Waals surface area (Å²) in [6.07, 6.45) is 3.82. The Morgan fingerprint density at radius 3 is 2.45 bits per heavy atom. The zero-order chi connectivity index (χ0) is 14.5. The Kier molecular flexibility index (Phi) is 5.88. The highest BCUT2D eigenvalue weighted by atomic mass is 35.5. The molecule has 1 heterocycles. The second-order valence-corrected chi connectivity index (χ2v) is 6.63. The topological polar surface area (TPSA) is 15.3 Å². The molecule has 1 aromatic carbocycles. The van der Waals surface area contributed by atoms with Gasteiger partial charge in [-0.05, 0) is 70.8 Å². The second-order valence-electron chi connectivity index (χ2n) is 6.20. The van der Waals surface area contributed by atoms with E-state index in [1.165, 1.54) is 37.9 Å². The van der Waals surface area contributed by atoms with E-state index in [2.05, 4.69) is 43.1 Å². The first-order chi connectivity index (χ1) is 9.56. The maximum atomic E-state index is 5.95. The summed E-state index contributed by atoms with van der Waals surface area (Å²) in [6, 6.07) is 9.88. The van der Waals surface area contributed by atoms with Crippen LogP contribution in [-0.2, 0) is 0 Å². The number of halogens is 1. The molecule has 2 atom stereocenters. The minimum absolute atomic E-state index is 0.392. The molecular weight excluding hydrogens is 268 g/mol. The van der Waals surface area contributed by atoms with Crippen molar-refractivity contribution in [3.63, 3.8) is 0 Å². The number of hydrogen-bond acceptors (Lipinski definition) is 2. The number of benzene rings is 1. The normalized spacial score (nSPS) is 22.8. The molecule has 112 valence electrons. The van der Waals surface area contributed by atoms with Crippen LogP contribution >= 0.6 is 11.6 Å². The molecule has 0 aromatic heterocycles. The van der Waals surface area contributed by atoms with Crippen molar-refractivity contribution in [3.8, 4) is 0 Å². The SMILES string of the molecule is CC(NC1CCCN(C(C)C)CC1)c1ccc(Cl)cc1. The Morgan fingerprint density at radius 2 is 1.80 bits per heavy atom. The van der Waals surface area contributed by atoms with E-state index in [1.807, 2.05) is 12.1 Å². The van der Waals surface area contributed by atoms with Crippen LogP contribution in [0.2, 0.25) is 5.02 Å². The number of hydrogen-bond donors (Lipinski definition) is 1. The molecule has 1 saturated heterocycles. The third-order valence-electron chi connectivity index (χ3n) is 4.35. The molecule has 3 heteroatoms. The summed E-state index contributed by atoms with van der Waals surface area (Å²) >= 11 is 5.95. The molecule has 0 amide bonds. The summed E-state index contributed by atoms with van der Waals surface area (Å²) in [6.45, 7) is 9.29. The lowest BCUT2D eigenvalue weighted by molar-refractivity contribution is 0.228. The third kappa shape index (κ3) is 4.47. The molecule has 2 rings (SSSR count). The van der Waals surface area contributed by atoms with Gasteiger partial charge in [-0.3, -0.25) is 0 Å². The molecule has 20 heavy (non-hydrogen) atoms. The predicted molar refractivity (Wildman–Crippen MR) is 87.4 cm³/mol. The lowest BCUT2D eigenvalue weighted by atomic mass is 10.0. The van der Waals surface area contributed by atoms with E-state index in [1.54, 1.807) is 0 Å². The van der Waals surface area contributed by atoms with Crippen molar-refractivity contribution in [1.29, 1.82) is 0 Å². The summed E-state index contributed by atoms with van der Waals surface area (Å²) < 4.78 is 0. The van der Waals surface area contributed by atoms with Crippen LogP contribution in [0.25, 0.3) is 0 Å². The van der Waals surface area contributed by atoms with Crippen LogP contribution in [0.5, 0.6) is 0 Å². The molecule has 1 aliphatic rings. The Morgan fingerprint density at radius 1 is 1.10 bits per heavy atom. The number of likely N-dealkylation sites (tertiary alicyclic amines) is 1. The van der Waals surface area contributed by atoms with Gasteiger partial charge in [-0.2, -0.15) is 0 Å². The van der Waals surface area contributed by atoms with Crippen molar-refractivity contribution < 1.29 is 0 Å². The standard InChI is InChI=1S/C17H27ClN2/c1-13(2)20-11-4-5-17(10-12-20)19-14(3)15-6-8-16(18)9-7-15/h6-9,13-14,17,19H,4-5,10-12H2,1-3H3. The van der Waals surface area contributed by atoms with Gasteiger partial charge in [0.25, 0.3) is 0 Å². The number of nitrogens with one attached hydrogen (secondary N) is 1. The van der Waals surface area contributed by atoms with E-state index in [0.29, 0.717) is 18.1 Å². The predicted octanol–water partition coefficient (Wildman–Crippen LogP) is 4.25. The van der Waals surface area contributed by atoms with Crippen molar-refractivity contribution in [2.75, 3.05) is 13.1 Å². The van der Waals surface area contributed by atoms with Crippen LogP contribution in [0.3, 0.4) is 0 Å². The molecule has 0 aliphatic carbocycles. The second kappa shape index (κ2) is 7.44. The van der Waals surface area contributed by atoms with Crippen molar-refractivity contribution in [2.24, 2.45) is 0 Å². The zero-order valence-corrected chi connectivity index (χ0v) is 13.7. The van der Waals surface area contributed by atoms with Gasteiger partial charge in [-0.25, -0.2) is 0 Å². The fourth-order valence-corrected chi connectivity index (χ4v) is 3.13. The molecule has 0 spiro atoms. The fraction of sp³-hybridized carbons (Fsp3) is 0.647. The molecule has 2 unspecified atom stereocenters. The highest BCUT2D eigenvalue weighted by molar-refractivity contribution is 6.30. The lowest BCUT2D eigenvalue weighted by Gasteiger charge is -2.25. The maximum absolute atomic E-state index is 5.95. The van der Waals surface area contributed by atoms with Crippen molar-refractivity contribution in [3.05, 3.63) is 34.9 Å². The fourth-order valence-electron chi connectivity index (χ4n) is 3.00. The van der Waals surface area contributed by atoms with Gasteiger partial charge in [0.2, 0.25) is 0 Å². The first-order valence-electron chi connectivity index (χ1n) is 7.82. The van der Waals surface area contributed by atoms with E-state index in [0.717, 1.165) is 5.02 Å². The van der Waals surface area contributed by atoms with Crippen LogP contribution < -0.4 is 5.32 Å². The van der Waals surface area contributed by atoms with Crippen LogP contribution in [0.15, 0.2) is 24.3 Å². The van der Waals surface area contributed by atoms with Gasteiger partial charge in [0.05, 0.1) is 0 Å². The molecule has 0 radical (unpaired) electrons. The Labute approximate surface area is 128 Å². The smallest absolute Gasteiger partial charge is 0.0406 e. The highest BCUT2D eigenvalue weighted by Gasteiger charge is 2.20. The molecule has 0 saturated carbocycles. The van der Waals surface area contributed by atoms with Gasteiger partial charge in [0.15, 0.2) is 0 Å². The molecule has 1 aromatic rings. The van der Waals surface area contributed by atoms with E-state index in [9.17, 15) is 0 Å². The van der Waals surface area contributed by atoms with E-state index in [4.69, 9.17) is 11.6 Å². The largest absolute Gasteiger partial charge is 0.307 e. The Hall–Kier alpha value is -0.570. The first-order valence-corrected chi connectivity index (χ1v) is 8.19. The van der Waals surface area contributed by atoms with Crippen molar-refractivity contribution >= 4 is 11.6 Å². The van der Waals surface area contributed by atoms with Crippen LogP contribution in [0.1, 0.15) is 51.6 Å². The third-order valence-corrected chi connectivity index (χ3v) is 4.60. The first kappa shape index (κ1) is 15.8. The average molecular weight is 295 g/mol. The van der Waals surface area contributed by atoms with E-state index >= 15 is 0 Å². The molecule has 1 aliphatic heterocycles. The zero-order valence-electron chi connectivity index (χ0n) is 12.9. The van der Waals surface area contributed by atoms with Gasteiger partial charge in [0.1, 0.15) is 0 Å². The van der Waals surface area contributed by atoms with Crippen LogP contribution in [0.4, 0.5) is 0 Å². The highest BCUT2D eigenvalue weighted by Crippen LogP contribution is 2.20. The molecule has 2 nitrogen and oxygen atoms in total. The average Bonchev–Trinajstić information content (AvgIpc) is 2.65. The van der Waals surface area contributed by atoms with Gasteiger partial charge >= 0.3 is 0 Å². The molecular formula is C17H27ClN2. The van der Waals surface area contributed by atoms with E-state index in [-0.39, 0.29) is 0 Å². The quantitative estimate of drug-likeness (QED) is 0.893. The monoisotopic (exact) mass is 294 g/mol. The van der Waals surface area contributed by atoms with Crippen LogP contribution in [0, 0.1) is 0 Å². The van der Waals surface area contributed by atoms with Crippen LogP contribution in [-0.4, -0.2) is 30.1 Å². The van der Waals surface area contributed by atoms with Gasteiger partial charge < -0.3 is 10.2 Å². The summed E-state index contributed by atoms with van der Waals surface area (Å²) in [5, 5.41) is 4.59. The lowest BCUT2D eigenvalue weighted by Crippen LogP contribution is -2.34. The maximum Gasteiger partial charge on any atom is 0.0406 e. The van der Waals surface area contributed by atoms with Gasteiger partial charge in [-0.1, -0.05) is 23.7 Å². The van der Waals surface area contributed by atoms with Crippen molar-refractivity contribution in [2.45, 2.75) is 58.2 Å². The number of rotatable bonds is 4. The minimum atomic E-state index is 0.392. The summed E-state index contributed by atoms with van der Waals surface area (Å²) in [4.78, 5) is 2.59. The molecule has 1 N–H and O–H groups in total. The van der Waals surface area contributed by atoms with Gasteiger partial charge in [0, 0.05) is 23.1 Å². The summed E-state index contributed by atoms with van der Waals surface area (Å²) in [7, 11) is 0. The van der Waals surface area contributed by atoms with Crippen molar-refractivity contribution in [1.82, 2.24) is 10.2 Å². The minimum Gasteiger partial charge on any atom is -0.307 e. The molecule has 1 fully saturated rings. The Bertz CT molecular complexity index is 402. The number of nitrogens with zero attached hydrogens (tertiary/aromatic N) is 1. The Balaban J connectivity index is 1.88. The summed E-state index contributed by atoms with van der Waals surface area (Å²) in [5.41, 5.74) is 1.32. The molecule has 0 bridgehead atoms.